The lowest BCUT2D eigenvalue weighted by Gasteiger charge is -2.09. The number of hydrogen-bond acceptors (Lipinski definition) is 4. The zero-order valence-corrected chi connectivity index (χ0v) is 16.2. The van der Waals surface area contributed by atoms with Crippen molar-refractivity contribution in [3.05, 3.63) is 69.8 Å². The van der Waals surface area contributed by atoms with Crippen molar-refractivity contribution in [2.24, 2.45) is 0 Å². The van der Waals surface area contributed by atoms with Crippen molar-refractivity contribution >= 4 is 34.9 Å². The highest BCUT2D eigenvalue weighted by molar-refractivity contribution is 6.33. The van der Waals surface area contributed by atoms with Gasteiger partial charge in [0.15, 0.2) is 17.3 Å². The smallest absolute Gasteiger partial charge is 0.257 e. The fraction of sp³-hybridized carbons (Fsp3) is 0.158. The first kappa shape index (κ1) is 19.1. The first-order chi connectivity index (χ1) is 13.0. The number of nitrogens with zero attached hydrogens (tertiary/aromatic N) is 2. The number of ether oxygens (including phenoxy) is 2. The molecule has 1 heterocycles. The van der Waals surface area contributed by atoms with Gasteiger partial charge in [-0.1, -0.05) is 35.3 Å². The number of anilines is 1. The van der Waals surface area contributed by atoms with Crippen molar-refractivity contribution in [3.8, 4) is 11.5 Å². The predicted octanol–water partition coefficient (Wildman–Crippen LogP) is 4.51. The van der Waals surface area contributed by atoms with E-state index in [4.69, 9.17) is 32.7 Å². The van der Waals surface area contributed by atoms with Crippen LogP contribution in [0.25, 0.3) is 0 Å². The summed E-state index contributed by atoms with van der Waals surface area (Å²) in [4.78, 5) is 12.5. The van der Waals surface area contributed by atoms with Crippen LogP contribution >= 0.6 is 23.2 Å². The number of halogens is 2. The quantitative estimate of drug-likeness (QED) is 0.655. The molecule has 0 spiro atoms. The molecule has 3 aromatic rings. The number of amides is 1. The molecule has 1 amide bonds. The lowest BCUT2D eigenvalue weighted by molar-refractivity contribution is 0.102. The maximum atomic E-state index is 12.5. The number of carbonyl (C=O) groups excluding carboxylic acids is 1. The monoisotopic (exact) mass is 405 g/mol. The van der Waals surface area contributed by atoms with Gasteiger partial charge in [-0.15, -0.1) is 0 Å². The topological polar surface area (TPSA) is 65.4 Å². The van der Waals surface area contributed by atoms with E-state index in [0.29, 0.717) is 33.7 Å². The summed E-state index contributed by atoms with van der Waals surface area (Å²) >= 11 is 12.1. The van der Waals surface area contributed by atoms with Gasteiger partial charge in [-0.3, -0.25) is 9.48 Å². The van der Waals surface area contributed by atoms with E-state index in [-0.39, 0.29) is 11.7 Å². The zero-order valence-electron chi connectivity index (χ0n) is 14.7. The minimum Gasteiger partial charge on any atom is -0.493 e. The van der Waals surface area contributed by atoms with E-state index in [0.717, 1.165) is 5.56 Å². The molecule has 8 heteroatoms. The number of aromatic nitrogens is 2. The number of benzene rings is 2. The van der Waals surface area contributed by atoms with E-state index in [1.54, 1.807) is 29.1 Å². The lowest BCUT2D eigenvalue weighted by atomic mass is 10.2. The lowest BCUT2D eigenvalue weighted by Crippen LogP contribution is -2.13. The fourth-order valence-corrected chi connectivity index (χ4v) is 2.82. The SMILES string of the molecule is COc1ccc(C(=O)Nc2nn(Cc3ccc(Cl)cc3)cc2Cl)cc1OC. The number of methoxy groups -OCH3 is 2. The van der Waals surface area contributed by atoms with Crippen molar-refractivity contribution in [2.45, 2.75) is 6.54 Å². The standard InChI is InChI=1S/C19H17Cl2N3O3/c1-26-16-8-5-13(9-17(16)27-2)19(25)22-18-15(21)11-24(23-18)10-12-3-6-14(20)7-4-12/h3-9,11H,10H2,1-2H3,(H,22,23,25). The molecule has 27 heavy (non-hydrogen) atoms. The van der Waals surface area contributed by atoms with E-state index >= 15 is 0 Å². The van der Waals surface area contributed by atoms with Gasteiger partial charge in [0, 0.05) is 16.8 Å². The second-order valence-corrected chi connectivity index (χ2v) is 6.52. The largest absolute Gasteiger partial charge is 0.493 e. The van der Waals surface area contributed by atoms with Gasteiger partial charge in [-0.25, -0.2) is 0 Å². The maximum Gasteiger partial charge on any atom is 0.257 e. The van der Waals surface area contributed by atoms with Crippen LogP contribution < -0.4 is 14.8 Å². The molecule has 0 aliphatic heterocycles. The van der Waals surface area contributed by atoms with Gasteiger partial charge in [-0.2, -0.15) is 5.10 Å². The van der Waals surface area contributed by atoms with Crippen molar-refractivity contribution in [1.29, 1.82) is 0 Å². The Morgan fingerprint density at radius 3 is 2.44 bits per heavy atom. The van der Waals surface area contributed by atoms with Crippen LogP contribution in [0.4, 0.5) is 5.82 Å². The van der Waals surface area contributed by atoms with E-state index in [1.807, 2.05) is 24.3 Å². The Labute approximate surface area is 166 Å². The van der Waals surface area contributed by atoms with Crippen molar-refractivity contribution in [1.82, 2.24) is 9.78 Å². The van der Waals surface area contributed by atoms with E-state index < -0.39 is 0 Å². The number of hydrogen-bond donors (Lipinski definition) is 1. The molecule has 0 unspecified atom stereocenters. The molecule has 0 saturated carbocycles. The molecular weight excluding hydrogens is 389 g/mol. The first-order valence-electron chi connectivity index (χ1n) is 8.01. The highest BCUT2D eigenvalue weighted by Gasteiger charge is 2.15. The molecule has 0 bridgehead atoms. The highest BCUT2D eigenvalue weighted by Crippen LogP contribution is 2.28. The molecule has 0 aliphatic rings. The highest BCUT2D eigenvalue weighted by atomic mass is 35.5. The second-order valence-electron chi connectivity index (χ2n) is 5.67. The van der Waals surface area contributed by atoms with Crippen LogP contribution in [-0.2, 0) is 6.54 Å². The molecule has 0 radical (unpaired) electrons. The third-order valence-electron chi connectivity index (χ3n) is 3.85. The van der Waals surface area contributed by atoms with Gasteiger partial charge < -0.3 is 14.8 Å². The minimum atomic E-state index is -0.352. The van der Waals surface area contributed by atoms with Gasteiger partial charge in [0.2, 0.25) is 0 Å². The van der Waals surface area contributed by atoms with Crippen molar-refractivity contribution in [2.75, 3.05) is 19.5 Å². The summed E-state index contributed by atoms with van der Waals surface area (Å²) in [5.41, 5.74) is 1.41. The van der Waals surface area contributed by atoms with Crippen LogP contribution in [0.5, 0.6) is 11.5 Å². The third kappa shape index (κ3) is 4.53. The van der Waals surface area contributed by atoms with Crippen molar-refractivity contribution < 1.29 is 14.3 Å². The van der Waals surface area contributed by atoms with Crippen LogP contribution in [0.1, 0.15) is 15.9 Å². The molecule has 3 rings (SSSR count). The predicted molar refractivity (Wildman–Crippen MR) is 105 cm³/mol. The second kappa shape index (κ2) is 8.33. The van der Waals surface area contributed by atoms with E-state index in [9.17, 15) is 4.79 Å². The Hall–Kier alpha value is -2.70. The van der Waals surface area contributed by atoms with Crippen molar-refractivity contribution in [3.63, 3.8) is 0 Å². The summed E-state index contributed by atoms with van der Waals surface area (Å²) in [7, 11) is 3.04. The Bertz CT molecular complexity index is 955. The molecule has 140 valence electrons. The summed E-state index contributed by atoms with van der Waals surface area (Å²) in [6.07, 6.45) is 1.65. The van der Waals surface area contributed by atoms with Crippen LogP contribution in [0.15, 0.2) is 48.7 Å². The third-order valence-corrected chi connectivity index (χ3v) is 4.38. The Kier molecular flexibility index (Phi) is 5.88. The molecule has 0 saturated heterocycles. The van der Waals surface area contributed by atoms with Crippen LogP contribution in [0.3, 0.4) is 0 Å². The Balaban J connectivity index is 1.74. The van der Waals surface area contributed by atoms with Gasteiger partial charge in [0.25, 0.3) is 5.91 Å². The average molecular weight is 406 g/mol. The Morgan fingerprint density at radius 1 is 1.07 bits per heavy atom. The van der Waals surface area contributed by atoms with Gasteiger partial charge in [0.1, 0.15) is 5.02 Å². The molecule has 2 aromatic carbocycles. The minimum absolute atomic E-state index is 0.283. The van der Waals surface area contributed by atoms with Gasteiger partial charge in [-0.05, 0) is 35.9 Å². The molecule has 0 fully saturated rings. The molecule has 1 N–H and O–H groups in total. The average Bonchev–Trinajstić information content (AvgIpc) is 3.01. The molecular formula is C19H17Cl2N3O3. The first-order valence-corrected chi connectivity index (χ1v) is 8.76. The number of nitrogens with one attached hydrogen (secondary N) is 1. The number of rotatable bonds is 6. The van der Waals surface area contributed by atoms with E-state index in [2.05, 4.69) is 10.4 Å². The molecule has 6 nitrogen and oxygen atoms in total. The molecule has 0 aliphatic carbocycles. The molecule has 0 atom stereocenters. The van der Waals surface area contributed by atoms with Crippen LogP contribution in [0.2, 0.25) is 10.0 Å². The van der Waals surface area contributed by atoms with Gasteiger partial charge in [0.05, 0.1) is 20.8 Å². The summed E-state index contributed by atoms with van der Waals surface area (Å²) in [6.45, 7) is 0.503. The summed E-state index contributed by atoms with van der Waals surface area (Å²) in [5.74, 6) is 0.934. The maximum absolute atomic E-state index is 12.5. The summed E-state index contributed by atoms with van der Waals surface area (Å²) in [5, 5.41) is 8.06. The Morgan fingerprint density at radius 2 is 1.78 bits per heavy atom. The zero-order chi connectivity index (χ0) is 19.4. The fourth-order valence-electron chi connectivity index (χ4n) is 2.50. The normalized spacial score (nSPS) is 10.5. The summed E-state index contributed by atoms with van der Waals surface area (Å²) in [6, 6.07) is 12.3. The van der Waals surface area contributed by atoms with Gasteiger partial charge >= 0.3 is 0 Å². The van der Waals surface area contributed by atoms with Crippen LogP contribution in [0, 0.1) is 0 Å². The summed E-state index contributed by atoms with van der Waals surface area (Å²) < 4.78 is 12.0. The van der Waals surface area contributed by atoms with Crippen LogP contribution in [-0.4, -0.2) is 29.9 Å². The van der Waals surface area contributed by atoms with E-state index in [1.165, 1.54) is 14.2 Å². The number of carbonyl (C=O) groups is 1. The molecule has 1 aromatic heterocycles.